The van der Waals surface area contributed by atoms with Crippen molar-refractivity contribution in [3.05, 3.63) is 24.3 Å². The zero-order valence-corrected chi connectivity index (χ0v) is 13.8. The lowest BCUT2D eigenvalue weighted by Crippen LogP contribution is -2.48. The van der Waals surface area contributed by atoms with Crippen molar-refractivity contribution < 1.29 is 19.2 Å². The maximum Gasteiger partial charge on any atom is 0.247 e. The molecule has 1 N–H and O–H groups in total. The molecular weight excluding hydrogens is 322 g/mol. The first kappa shape index (κ1) is 15.8. The summed E-state index contributed by atoms with van der Waals surface area (Å²) in [6.45, 7) is -0.418. The van der Waals surface area contributed by atoms with Crippen LogP contribution in [0.5, 0.6) is 0 Å². The molecule has 4 amide bonds. The van der Waals surface area contributed by atoms with Gasteiger partial charge in [-0.05, 0) is 25.0 Å². The summed E-state index contributed by atoms with van der Waals surface area (Å²) in [6.07, 6.45) is 3.53. The smallest absolute Gasteiger partial charge is 0.247 e. The lowest BCUT2D eigenvalue weighted by atomic mass is 9.84. The fourth-order valence-corrected chi connectivity index (χ4v) is 4.14. The van der Waals surface area contributed by atoms with Crippen LogP contribution in [0.4, 0.5) is 11.4 Å². The van der Waals surface area contributed by atoms with Gasteiger partial charge in [0.1, 0.15) is 13.1 Å². The zero-order chi connectivity index (χ0) is 17.6. The predicted molar refractivity (Wildman–Crippen MR) is 89.7 cm³/mol. The Hall–Kier alpha value is -2.70. The number of anilines is 2. The molecule has 1 saturated heterocycles. The van der Waals surface area contributed by atoms with E-state index in [0.717, 1.165) is 30.6 Å². The van der Waals surface area contributed by atoms with E-state index in [0.29, 0.717) is 11.4 Å². The minimum atomic E-state index is -0.589. The first-order chi connectivity index (χ1) is 12.0. The van der Waals surface area contributed by atoms with E-state index in [1.54, 1.807) is 24.3 Å². The summed E-state index contributed by atoms with van der Waals surface area (Å²) in [4.78, 5) is 52.1. The monoisotopic (exact) mass is 341 g/mol. The summed E-state index contributed by atoms with van der Waals surface area (Å²) in [5.41, 5.74) is 0.550. The van der Waals surface area contributed by atoms with Gasteiger partial charge in [0.15, 0.2) is 0 Å². The molecular formula is C18H19N3O4. The summed E-state index contributed by atoms with van der Waals surface area (Å²) in [7, 11) is 0. The Balaban J connectivity index is 1.56. The SMILES string of the molecule is O=C1CN(C(=O)CN2C(=O)CC3(CCCC3)C2=O)c2ccccc2N1. The quantitative estimate of drug-likeness (QED) is 0.821. The predicted octanol–water partition coefficient (Wildman–Crippen LogP) is 1.29. The van der Waals surface area contributed by atoms with Crippen LogP contribution in [0.1, 0.15) is 32.1 Å². The molecule has 2 fully saturated rings. The van der Waals surface area contributed by atoms with Crippen molar-refractivity contribution in [3.8, 4) is 0 Å². The summed E-state index contributed by atoms with van der Waals surface area (Å²) in [5, 5.41) is 2.72. The average Bonchev–Trinajstić information content (AvgIpc) is 3.15. The van der Waals surface area contributed by atoms with E-state index in [4.69, 9.17) is 0 Å². The highest BCUT2D eigenvalue weighted by atomic mass is 16.2. The molecule has 1 aromatic carbocycles. The molecule has 4 rings (SSSR count). The molecule has 7 heteroatoms. The van der Waals surface area contributed by atoms with E-state index in [1.807, 2.05) is 0 Å². The van der Waals surface area contributed by atoms with Gasteiger partial charge in [0.05, 0.1) is 16.8 Å². The van der Waals surface area contributed by atoms with Crippen LogP contribution in [0.25, 0.3) is 0 Å². The van der Waals surface area contributed by atoms with Crippen molar-refractivity contribution in [1.29, 1.82) is 0 Å². The molecule has 0 radical (unpaired) electrons. The Kier molecular flexibility index (Phi) is 3.59. The second kappa shape index (κ2) is 5.68. The Morgan fingerprint density at radius 1 is 1.12 bits per heavy atom. The summed E-state index contributed by atoms with van der Waals surface area (Å²) in [6, 6.07) is 6.99. The fourth-order valence-electron chi connectivity index (χ4n) is 4.14. The van der Waals surface area contributed by atoms with Crippen LogP contribution in [0, 0.1) is 5.41 Å². The van der Waals surface area contributed by atoms with E-state index in [2.05, 4.69) is 5.32 Å². The normalized spacial score (nSPS) is 21.7. The number of hydrogen-bond donors (Lipinski definition) is 1. The van der Waals surface area contributed by atoms with Crippen molar-refractivity contribution in [2.45, 2.75) is 32.1 Å². The fraction of sp³-hybridized carbons (Fsp3) is 0.444. The highest BCUT2D eigenvalue weighted by Crippen LogP contribution is 2.46. The number of likely N-dealkylation sites (tertiary alicyclic amines) is 1. The molecule has 0 atom stereocenters. The molecule has 0 bridgehead atoms. The Morgan fingerprint density at radius 2 is 1.84 bits per heavy atom. The largest absolute Gasteiger partial charge is 0.323 e. The van der Waals surface area contributed by atoms with Gasteiger partial charge in [-0.25, -0.2) is 0 Å². The second-order valence-corrected chi connectivity index (χ2v) is 6.99. The van der Waals surface area contributed by atoms with Gasteiger partial charge in [0, 0.05) is 6.42 Å². The number of nitrogens with one attached hydrogen (secondary N) is 1. The molecule has 2 heterocycles. The second-order valence-electron chi connectivity index (χ2n) is 6.99. The van der Waals surface area contributed by atoms with Gasteiger partial charge in [-0.1, -0.05) is 25.0 Å². The van der Waals surface area contributed by atoms with E-state index in [1.165, 1.54) is 4.90 Å². The Morgan fingerprint density at radius 3 is 2.60 bits per heavy atom. The molecule has 25 heavy (non-hydrogen) atoms. The molecule has 1 saturated carbocycles. The standard InChI is InChI=1S/C18H19N3O4/c22-14-10-20(13-6-2-1-5-12(13)19-14)16(24)11-21-15(23)9-18(17(21)25)7-3-4-8-18/h1-2,5-6H,3-4,7-11H2,(H,19,22). The van der Waals surface area contributed by atoms with Crippen LogP contribution in [0.3, 0.4) is 0 Å². The number of amides is 4. The minimum absolute atomic E-state index is 0.114. The van der Waals surface area contributed by atoms with Crippen molar-refractivity contribution >= 4 is 35.0 Å². The van der Waals surface area contributed by atoms with Gasteiger partial charge in [0.25, 0.3) is 0 Å². The van der Waals surface area contributed by atoms with Crippen LogP contribution in [-0.4, -0.2) is 41.6 Å². The lowest BCUT2D eigenvalue weighted by molar-refractivity contribution is -0.144. The van der Waals surface area contributed by atoms with Crippen LogP contribution in [-0.2, 0) is 19.2 Å². The molecule has 2 aliphatic heterocycles. The van der Waals surface area contributed by atoms with E-state index < -0.39 is 11.3 Å². The molecule has 0 aromatic heterocycles. The minimum Gasteiger partial charge on any atom is -0.323 e. The molecule has 7 nitrogen and oxygen atoms in total. The van der Waals surface area contributed by atoms with Crippen molar-refractivity contribution in [2.75, 3.05) is 23.3 Å². The van der Waals surface area contributed by atoms with Gasteiger partial charge in [-0.2, -0.15) is 0 Å². The van der Waals surface area contributed by atoms with Gasteiger partial charge in [-0.15, -0.1) is 0 Å². The van der Waals surface area contributed by atoms with Crippen molar-refractivity contribution in [1.82, 2.24) is 4.90 Å². The third-order valence-corrected chi connectivity index (χ3v) is 5.42. The highest BCUT2D eigenvalue weighted by molar-refractivity contribution is 6.13. The first-order valence-corrected chi connectivity index (χ1v) is 8.54. The van der Waals surface area contributed by atoms with E-state index in [-0.39, 0.29) is 37.2 Å². The highest BCUT2D eigenvalue weighted by Gasteiger charge is 2.53. The molecule has 3 aliphatic rings. The molecule has 1 aliphatic carbocycles. The number of para-hydroxylation sites is 2. The molecule has 130 valence electrons. The molecule has 1 spiro atoms. The van der Waals surface area contributed by atoms with Crippen LogP contribution in [0.15, 0.2) is 24.3 Å². The summed E-state index contributed by atoms with van der Waals surface area (Å²) >= 11 is 0. The van der Waals surface area contributed by atoms with Gasteiger partial charge >= 0.3 is 0 Å². The van der Waals surface area contributed by atoms with E-state index >= 15 is 0 Å². The maximum atomic E-state index is 12.8. The number of imide groups is 1. The first-order valence-electron chi connectivity index (χ1n) is 8.54. The van der Waals surface area contributed by atoms with Gasteiger partial charge in [0.2, 0.25) is 23.6 Å². The van der Waals surface area contributed by atoms with Crippen LogP contribution >= 0.6 is 0 Å². The topological polar surface area (TPSA) is 86.8 Å². The number of carbonyl (C=O) groups is 4. The number of fused-ring (bicyclic) bond motifs is 1. The average molecular weight is 341 g/mol. The number of rotatable bonds is 2. The van der Waals surface area contributed by atoms with Gasteiger partial charge in [-0.3, -0.25) is 29.0 Å². The van der Waals surface area contributed by atoms with E-state index in [9.17, 15) is 19.2 Å². The van der Waals surface area contributed by atoms with Crippen LogP contribution < -0.4 is 10.2 Å². The third kappa shape index (κ3) is 2.50. The Bertz CT molecular complexity index is 782. The molecule has 0 unspecified atom stereocenters. The summed E-state index contributed by atoms with van der Waals surface area (Å²) in [5.74, 6) is -1.22. The maximum absolute atomic E-state index is 12.8. The van der Waals surface area contributed by atoms with Crippen molar-refractivity contribution in [3.63, 3.8) is 0 Å². The third-order valence-electron chi connectivity index (χ3n) is 5.42. The lowest BCUT2D eigenvalue weighted by Gasteiger charge is -2.30. The Labute approximate surface area is 145 Å². The number of nitrogens with zero attached hydrogens (tertiary/aromatic N) is 2. The van der Waals surface area contributed by atoms with Crippen LogP contribution in [0.2, 0.25) is 0 Å². The summed E-state index contributed by atoms with van der Waals surface area (Å²) < 4.78 is 0. The number of benzene rings is 1. The molecule has 1 aromatic rings. The number of hydrogen-bond acceptors (Lipinski definition) is 4. The number of carbonyl (C=O) groups excluding carboxylic acids is 4. The van der Waals surface area contributed by atoms with Gasteiger partial charge < -0.3 is 5.32 Å². The van der Waals surface area contributed by atoms with Crippen molar-refractivity contribution in [2.24, 2.45) is 5.41 Å². The zero-order valence-electron chi connectivity index (χ0n) is 13.8.